The fraction of sp³-hybridized carbons (Fsp3) is 0.125. The lowest BCUT2D eigenvalue weighted by Gasteiger charge is -2.25. The predicted molar refractivity (Wildman–Crippen MR) is 146 cm³/mol. The number of rotatable bonds is 8. The average molecular weight is 506 g/mol. The molecule has 38 heavy (non-hydrogen) atoms. The Morgan fingerprint density at radius 3 is 2.16 bits per heavy atom. The van der Waals surface area contributed by atoms with E-state index < -0.39 is 17.7 Å². The number of carbonyl (C=O) groups is 2. The quantitative estimate of drug-likeness (QED) is 0.173. The number of amides is 1. The molecule has 0 aliphatic carbocycles. The zero-order valence-electron chi connectivity index (χ0n) is 20.9. The summed E-state index contributed by atoms with van der Waals surface area (Å²) in [6.45, 7) is 2.77. The minimum absolute atomic E-state index is 0.0169. The molecule has 1 saturated heterocycles. The Morgan fingerprint density at radius 2 is 1.47 bits per heavy atom. The van der Waals surface area contributed by atoms with Crippen LogP contribution in [-0.4, -0.2) is 23.4 Å². The summed E-state index contributed by atoms with van der Waals surface area (Å²) in [5, 5.41) is 11.4. The predicted octanol–water partition coefficient (Wildman–Crippen LogP) is 6.29. The maximum atomic E-state index is 13.4. The molecule has 1 atom stereocenters. The van der Waals surface area contributed by atoms with Gasteiger partial charge >= 0.3 is 0 Å². The van der Waals surface area contributed by atoms with Crippen LogP contribution >= 0.6 is 0 Å². The fourth-order valence-electron chi connectivity index (χ4n) is 4.55. The van der Waals surface area contributed by atoms with Gasteiger partial charge in [0.15, 0.2) is 0 Å². The summed E-state index contributed by atoms with van der Waals surface area (Å²) in [6, 6.07) is 32.0. The van der Waals surface area contributed by atoms with Crippen molar-refractivity contribution >= 4 is 23.1 Å². The van der Waals surface area contributed by atoms with Crippen LogP contribution in [0.3, 0.4) is 0 Å². The van der Waals surface area contributed by atoms with Crippen LogP contribution in [0.4, 0.5) is 5.69 Å². The van der Waals surface area contributed by atoms with Crippen LogP contribution in [0.15, 0.2) is 115 Å². The maximum absolute atomic E-state index is 13.4. The zero-order chi connectivity index (χ0) is 26.5. The molecule has 1 aliphatic rings. The first-order valence-electron chi connectivity index (χ1n) is 12.4. The minimum Gasteiger partial charge on any atom is -0.507 e. The van der Waals surface area contributed by atoms with Crippen LogP contribution < -0.4 is 14.4 Å². The second-order valence-electron chi connectivity index (χ2n) is 8.81. The molecule has 0 aromatic heterocycles. The van der Waals surface area contributed by atoms with E-state index in [9.17, 15) is 14.7 Å². The highest BCUT2D eigenvalue weighted by molar-refractivity contribution is 6.51. The molecule has 190 valence electrons. The van der Waals surface area contributed by atoms with Crippen molar-refractivity contribution in [1.29, 1.82) is 0 Å². The van der Waals surface area contributed by atoms with Gasteiger partial charge in [-0.25, -0.2) is 0 Å². The number of aliphatic hydroxyl groups excluding tert-OH is 1. The molecule has 5 rings (SSSR count). The van der Waals surface area contributed by atoms with Gasteiger partial charge in [0, 0.05) is 11.3 Å². The van der Waals surface area contributed by atoms with Gasteiger partial charge in [0.1, 0.15) is 23.9 Å². The lowest BCUT2D eigenvalue weighted by molar-refractivity contribution is -0.132. The van der Waals surface area contributed by atoms with E-state index in [-0.39, 0.29) is 11.3 Å². The van der Waals surface area contributed by atoms with Crippen molar-refractivity contribution in [3.63, 3.8) is 0 Å². The number of anilines is 1. The third-order valence-electron chi connectivity index (χ3n) is 6.34. The van der Waals surface area contributed by atoms with Crippen LogP contribution in [0.2, 0.25) is 0 Å². The second kappa shape index (κ2) is 11.0. The third kappa shape index (κ3) is 5.02. The Morgan fingerprint density at radius 1 is 0.789 bits per heavy atom. The molecule has 0 saturated carbocycles. The van der Waals surface area contributed by atoms with Crippen molar-refractivity contribution in [3.8, 4) is 11.5 Å². The van der Waals surface area contributed by atoms with Crippen molar-refractivity contribution in [2.45, 2.75) is 19.6 Å². The number of aliphatic hydroxyl groups is 1. The Bertz CT molecular complexity index is 1460. The van der Waals surface area contributed by atoms with Gasteiger partial charge in [-0.1, -0.05) is 60.7 Å². The number of hydrogen-bond donors (Lipinski definition) is 1. The van der Waals surface area contributed by atoms with Crippen LogP contribution in [0.1, 0.15) is 29.7 Å². The number of nitrogens with zero attached hydrogens (tertiary/aromatic N) is 1. The van der Waals surface area contributed by atoms with Crippen LogP contribution in [-0.2, 0) is 16.2 Å². The van der Waals surface area contributed by atoms with Crippen LogP contribution in [0, 0.1) is 0 Å². The first kappa shape index (κ1) is 24.8. The number of hydrogen-bond acceptors (Lipinski definition) is 5. The summed E-state index contributed by atoms with van der Waals surface area (Å²) in [5.41, 5.74) is 2.65. The lowest BCUT2D eigenvalue weighted by atomic mass is 9.95. The summed E-state index contributed by atoms with van der Waals surface area (Å²) in [4.78, 5) is 28.2. The number of benzene rings is 4. The molecule has 0 spiro atoms. The van der Waals surface area contributed by atoms with Crippen LogP contribution in [0.25, 0.3) is 5.76 Å². The van der Waals surface area contributed by atoms with Gasteiger partial charge in [-0.05, 0) is 66.6 Å². The highest BCUT2D eigenvalue weighted by Crippen LogP contribution is 2.42. The summed E-state index contributed by atoms with van der Waals surface area (Å²) in [5.74, 6) is -0.463. The Balaban J connectivity index is 1.58. The van der Waals surface area contributed by atoms with Crippen molar-refractivity contribution in [3.05, 3.63) is 131 Å². The van der Waals surface area contributed by atoms with Crippen molar-refractivity contribution in [2.75, 3.05) is 11.5 Å². The average Bonchev–Trinajstić information content (AvgIpc) is 3.23. The van der Waals surface area contributed by atoms with Crippen LogP contribution in [0.5, 0.6) is 11.5 Å². The van der Waals surface area contributed by atoms with Crippen molar-refractivity contribution < 1.29 is 24.2 Å². The molecule has 1 N–H and O–H groups in total. The number of para-hydroxylation sites is 1. The normalized spacial score (nSPS) is 16.4. The molecule has 6 nitrogen and oxygen atoms in total. The molecular weight excluding hydrogens is 478 g/mol. The molecule has 1 aliphatic heterocycles. The number of Topliss-reactive ketones (excluding diaryl/α,β-unsaturated/α-hetero) is 1. The van der Waals surface area contributed by atoms with E-state index in [1.807, 2.05) is 61.5 Å². The zero-order valence-corrected chi connectivity index (χ0v) is 20.9. The molecule has 6 heteroatoms. The minimum atomic E-state index is -0.843. The number of ketones is 1. The Kier molecular flexibility index (Phi) is 7.22. The van der Waals surface area contributed by atoms with Gasteiger partial charge in [-0.2, -0.15) is 0 Å². The van der Waals surface area contributed by atoms with Gasteiger partial charge in [-0.3, -0.25) is 14.5 Å². The van der Waals surface area contributed by atoms with Gasteiger partial charge in [0.2, 0.25) is 0 Å². The fourth-order valence-corrected chi connectivity index (χ4v) is 4.55. The van der Waals surface area contributed by atoms with Gasteiger partial charge in [0.25, 0.3) is 11.7 Å². The Labute approximate surface area is 221 Å². The van der Waals surface area contributed by atoms with Crippen molar-refractivity contribution in [2.24, 2.45) is 0 Å². The lowest BCUT2D eigenvalue weighted by Crippen LogP contribution is -2.29. The smallest absolute Gasteiger partial charge is 0.300 e. The third-order valence-corrected chi connectivity index (χ3v) is 6.34. The molecule has 1 unspecified atom stereocenters. The number of ether oxygens (including phenoxy) is 2. The van der Waals surface area contributed by atoms with E-state index in [1.54, 1.807) is 54.6 Å². The molecule has 4 aromatic carbocycles. The highest BCUT2D eigenvalue weighted by atomic mass is 16.5. The first-order valence-corrected chi connectivity index (χ1v) is 12.4. The highest BCUT2D eigenvalue weighted by Gasteiger charge is 2.47. The maximum Gasteiger partial charge on any atom is 0.300 e. The molecule has 4 aromatic rings. The van der Waals surface area contributed by atoms with Gasteiger partial charge in [-0.15, -0.1) is 0 Å². The monoisotopic (exact) mass is 505 g/mol. The van der Waals surface area contributed by atoms with E-state index in [0.29, 0.717) is 41.5 Å². The summed E-state index contributed by atoms with van der Waals surface area (Å²) >= 11 is 0. The van der Waals surface area contributed by atoms with E-state index in [0.717, 1.165) is 5.56 Å². The van der Waals surface area contributed by atoms with E-state index in [4.69, 9.17) is 9.47 Å². The van der Waals surface area contributed by atoms with E-state index >= 15 is 0 Å². The number of carbonyl (C=O) groups excluding carboxylic acids is 2. The van der Waals surface area contributed by atoms with E-state index in [2.05, 4.69) is 0 Å². The standard InChI is InChI=1S/C32H27NO5/c1-2-37-26-18-16-23(17-19-26)30(34)28-29(33(32(36)31(28)35)25-13-7-4-8-14-25)24-12-9-15-27(20-24)38-21-22-10-5-3-6-11-22/h3-20,29,34H,2,21H2,1H3/b30-28-. The molecular formula is C32H27NO5. The van der Waals surface area contributed by atoms with Gasteiger partial charge < -0.3 is 14.6 Å². The molecule has 1 heterocycles. The first-order chi connectivity index (χ1) is 18.6. The second-order valence-corrected chi connectivity index (χ2v) is 8.81. The SMILES string of the molecule is CCOc1ccc(/C(O)=C2/C(=O)C(=O)N(c3ccccc3)C2c2cccc(OCc3ccccc3)c2)cc1. The molecule has 1 fully saturated rings. The summed E-state index contributed by atoms with van der Waals surface area (Å²) < 4.78 is 11.5. The summed E-state index contributed by atoms with van der Waals surface area (Å²) in [6.07, 6.45) is 0. The van der Waals surface area contributed by atoms with E-state index in [1.165, 1.54) is 4.90 Å². The van der Waals surface area contributed by atoms with Gasteiger partial charge in [0.05, 0.1) is 18.2 Å². The summed E-state index contributed by atoms with van der Waals surface area (Å²) in [7, 11) is 0. The van der Waals surface area contributed by atoms with Crippen molar-refractivity contribution in [1.82, 2.24) is 0 Å². The topological polar surface area (TPSA) is 76.1 Å². The molecule has 0 bridgehead atoms. The molecule has 0 radical (unpaired) electrons. The Hall–Kier alpha value is -4.84. The molecule has 1 amide bonds. The largest absolute Gasteiger partial charge is 0.507 e.